The van der Waals surface area contributed by atoms with Crippen molar-refractivity contribution in [2.75, 3.05) is 13.2 Å². The molecule has 4 heteroatoms. The highest BCUT2D eigenvalue weighted by Gasteiger charge is 2.28. The van der Waals surface area contributed by atoms with Crippen molar-refractivity contribution in [2.45, 2.75) is 38.3 Å². The van der Waals surface area contributed by atoms with Gasteiger partial charge in [-0.15, -0.1) is 0 Å². The number of carbonyl (C=O) groups excluding carboxylic acids is 1. The SMILES string of the molecule is O=C(NCC1CCCC1CO)C1Cc2ccccc2CN1. The smallest absolute Gasteiger partial charge is 0.237 e. The molecule has 1 fully saturated rings. The number of aliphatic hydroxyl groups is 1. The van der Waals surface area contributed by atoms with Gasteiger partial charge in [0.25, 0.3) is 0 Å². The van der Waals surface area contributed by atoms with Crippen LogP contribution in [0.3, 0.4) is 0 Å². The fraction of sp³-hybridized carbons (Fsp3) is 0.588. The Morgan fingerprint density at radius 1 is 1.24 bits per heavy atom. The average molecular weight is 288 g/mol. The second-order valence-corrected chi connectivity index (χ2v) is 6.29. The first kappa shape index (κ1) is 14.5. The minimum Gasteiger partial charge on any atom is -0.396 e. The predicted molar refractivity (Wildman–Crippen MR) is 81.7 cm³/mol. The number of nitrogens with one attached hydrogen (secondary N) is 2. The second kappa shape index (κ2) is 6.58. The average Bonchev–Trinajstić information content (AvgIpc) is 2.99. The minimum absolute atomic E-state index is 0.0908. The third-order valence-corrected chi connectivity index (χ3v) is 4.99. The molecule has 0 spiro atoms. The van der Waals surface area contributed by atoms with Crippen LogP contribution in [0.1, 0.15) is 30.4 Å². The molecule has 0 bridgehead atoms. The molecule has 3 atom stereocenters. The summed E-state index contributed by atoms with van der Waals surface area (Å²) in [4.78, 5) is 12.3. The summed E-state index contributed by atoms with van der Waals surface area (Å²) in [5, 5.41) is 15.7. The maximum atomic E-state index is 12.3. The lowest BCUT2D eigenvalue weighted by Gasteiger charge is -2.26. The highest BCUT2D eigenvalue weighted by atomic mass is 16.3. The summed E-state index contributed by atoms with van der Waals surface area (Å²) >= 11 is 0. The lowest BCUT2D eigenvalue weighted by Crippen LogP contribution is -2.48. The topological polar surface area (TPSA) is 61.4 Å². The van der Waals surface area contributed by atoms with Gasteiger partial charge in [-0.2, -0.15) is 0 Å². The van der Waals surface area contributed by atoms with Crippen LogP contribution in [0.15, 0.2) is 24.3 Å². The number of benzene rings is 1. The van der Waals surface area contributed by atoms with Crippen molar-refractivity contribution in [2.24, 2.45) is 11.8 Å². The number of hydrogen-bond acceptors (Lipinski definition) is 3. The van der Waals surface area contributed by atoms with Crippen LogP contribution in [0.5, 0.6) is 0 Å². The van der Waals surface area contributed by atoms with Crippen molar-refractivity contribution in [3.05, 3.63) is 35.4 Å². The predicted octanol–water partition coefficient (Wildman–Crippen LogP) is 1.23. The number of rotatable bonds is 4. The van der Waals surface area contributed by atoms with E-state index < -0.39 is 0 Å². The van der Waals surface area contributed by atoms with E-state index >= 15 is 0 Å². The van der Waals surface area contributed by atoms with Crippen LogP contribution in [0.25, 0.3) is 0 Å². The van der Waals surface area contributed by atoms with Crippen molar-refractivity contribution in [3.63, 3.8) is 0 Å². The molecule has 114 valence electrons. The van der Waals surface area contributed by atoms with Crippen LogP contribution in [-0.4, -0.2) is 30.2 Å². The van der Waals surface area contributed by atoms with Crippen molar-refractivity contribution in [1.29, 1.82) is 0 Å². The van der Waals surface area contributed by atoms with Gasteiger partial charge in [-0.3, -0.25) is 4.79 Å². The molecule has 1 amide bonds. The van der Waals surface area contributed by atoms with Crippen LogP contribution in [0.4, 0.5) is 0 Å². The standard InChI is InChI=1S/C17H24N2O2/c20-11-15-7-3-6-14(15)10-19-17(21)16-8-12-4-1-2-5-13(12)9-18-16/h1-2,4-5,14-16,18,20H,3,6-11H2,(H,19,21). The Labute approximate surface area is 125 Å². The van der Waals surface area contributed by atoms with Gasteiger partial charge >= 0.3 is 0 Å². The van der Waals surface area contributed by atoms with Crippen LogP contribution in [0, 0.1) is 11.8 Å². The zero-order chi connectivity index (χ0) is 14.7. The zero-order valence-corrected chi connectivity index (χ0v) is 12.3. The number of fused-ring (bicyclic) bond motifs is 1. The largest absolute Gasteiger partial charge is 0.396 e. The molecule has 3 N–H and O–H groups in total. The van der Waals surface area contributed by atoms with E-state index in [-0.39, 0.29) is 18.6 Å². The molecule has 0 aromatic heterocycles. The first-order valence-corrected chi connectivity index (χ1v) is 7.96. The van der Waals surface area contributed by atoms with Crippen molar-refractivity contribution >= 4 is 5.91 Å². The van der Waals surface area contributed by atoms with E-state index in [0.29, 0.717) is 18.4 Å². The van der Waals surface area contributed by atoms with Gasteiger partial charge in [-0.05, 0) is 42.2 Å². The molecule has 1 saturated carbocycles. The van der Waals surface area contributed by atoms with Crippen LogP contribution < -0.4 is 10.6 Å². The summed E-state index contributed by atoms with van der Waals surface area (Å²) in [6, 6.07) is 8.16. The summed E-state index contributed by atoms with van der Waals surface area (Å²) < 4.78 is 0. The fourth-order valence-electron chi connectivity index (χ4n) is 3.62. The first-order valence-electron chi connectivity index (χ1n) is 7.96. The molecule has 1 aromatic rings. The van der Waals surface area contributed by atoms with Gasteiger partial charge in [0.1, 0.15) is 0 Å². The number of aliphatic hydroxyl groups excluding tert-OH is 1. The normalized spacial score (nSPS) is 28.1. The van der Waals surface area contributed by atoms with Gasteiger partial charge in [0.05, 0.1) is 6.04 Å². The van der Waals surface area contributed by atoms with E-state index in [2.05, 4.69) is 22.8 Å². The van der Waals surface area contributed by atoms with E-state index in [1.165, 1.54) is 17.5 Å². The molecule has 1 heterocycles. The van der Waals surface area contributed by atoms with E-state index in [9.17, 15) is 9.90 Å². The molecule has 1 aromatic carbocycles. The second-order valence-electron chi connectivity index (χ2n) is 6.29. The highest BCUT2D eigenvalue weighted by Crippen LogP contribution is 2.30. The molecule has 1 aliphatic heterocycles. The minimum atomic E-state index is -0.131. The Morgan fingerprint density at radius 2 is 2.00 bits per heavy atom. The third-order valence-electron chi connectivity index (χ3n) is 4.99. The summed E-state index contributed by atoms with van der Waals surface area (Å²) in [5.74, 6) is 0.897. The van der Waals surface area contributed by atoms with Gasteiger partial charge in [-0.1, -0.05) is 30.7 Å². The Balaban J connectivity index is 1.52. The molecule has 3 rings (SSSR count). The molecule has 21 heavy (non-hydrogen) atoms. The lowest BCUT2D eigenvalue weighted by molar-refractivity contribution is -0.123. The van der Waals surface area contributed by atoms with Crippen LogP contribution in [0.2, 0.25) is 0 Å². The van der Waals surface area contributed by atoms with E-state index in [1.54, 1.807) is 0 Å². The fourth-order valence-corrected chi connectivity index (χ4v) is 3.62. The van der Waals surface area contributed by atoms with E-state index in [1.807, 2.05) is 12.1 Å². The van der Waals surface area contributed by atoms with Crippen LogP contribution in [-0.2, 0) is 17.8 Å². The van der Waals surface area contributed by atoms with E-state index in [4.69, 9.17) is 0 Å². The summed E-state index contributed by atoms with van der Waals surface area (Å²) in [5.41, 5.74) is 2.56. The molecule has 1 aliphatic carbocycles. The maximum Gasteiger partial charge on any atom is 0.237 e. The van der Waals surface area contributed by atoms with Gasteiger partial charge in [0.15, 0.2) is 0 Å². The first-order chi connectivity index (χ1) is 10.3. The Hall–Kier alpha value is -1.39. The van der Waals surface area contributed by atoms with Gasteiger partial charge in [-0.25, -0.2) is 0 Å². The number of amides is 1. The molecular formula is C17H24N2O2. The Kier molecular flexibility index (Phi) is 4.56. The Morgan fingerprint density at radius 3 is 2.81 bits per heavy atom. The third kappa shape index (κ3) is 3.27. The summed E-state index contributed by atoms with van der Waals surface area (Å²) in [7, 11) is 0. The quantitative estimate of drug-likeness (QED) is 0.781. The monoisotopic (exact) mass is 288 g/mol. The number of carbonyl (C=O) groups is 1. The molecule has 0 saturated heterocycles. The molecule has 2 aliphatic rings. The molecular weight excluding hydrogens is 264 g/mol. The molecule has 3 unspecified atom stereocenters. The highest BCUT2D eigenvalue weighted by molar-refractivity contribution is 5.82. The van der Waals surface area contributed by atoms with Gasteiger partial charge < -0.3 is 15.7 Å². The summed E-state index contributed by atoms with van der Waals surface area (Å²) in [6.45, 7) is 1.70. The zero-order valence-electron chi connectivity index (χ0n) is 12.3. The summed E-state index contributed by atoms with van der Waals surface area (Å²) in [6.07, 6.45) is 4.13. The lowest BCUT2D eigenvalue weighted by atomic mass is 9.94. The van der Waals surface area contributed by atoms with E-state index in [0.717, 1.165) is 25.8 Å². The Bertz CT molecular complexity index is 503. The molecule has 4 nitrogen and oxygen atoms in total. The van der Waals surface area contributed by atoms with Gasteiger partial charge in [0, 0.05) is 19.7 Å². The number of hydrogen-bond donors (Lipinski definition) is 3. The maximum absolute atomic E-state index is 12.3. The van der Waals surface area contributed by atoms with Crippen molar-refractivity contribution in [3.8, 4) is 0 Å². The molecule has 0 radical (unpaired) electrons. The van der Waals surface area contributed by atoms with Crippen molar-refractivity contribution < 1.29 is 9.90 Å². The van der Waals surface area contributed by atoms with Gasteiger partial charge in [0.2, 0.25) is 5.91 Å². The van der Waals surface area contributed by atoms with Crippen molar-refractivity contribution in [1.82, 2.24) is 10.6 Å². The van der Waals surface area contributed by atoms with Crippen LogP contribution >= 0.6 is 0 Å².